The molecule has 5 heteroatoms. The normalized spacial score (nSPS) is 11.8. The summed E-state index contributed by atoms with van der Waals surface area (Å²) < 4.78 is 3.43. The van der Waals surface area contributed by atoms with Crippen LogP contribution in [0.3, 0.4) is 0 Å². The lowest BCUT2D eigenvalue weighted by atomic mass is 9.92. The summed E-state index contributed by atoms with van der Waals surface area (Å²) in [4.78, 5) is 11.9. The Morgan fingerprint density at radius 2 is 2.00 bits per heavy atom. The Labute approximate surface area is 119 Å². The molecule has 0 aromatic carbocycles. The molecule has 0 unspecified atom stereocenters. The fourth-order valence-corrected chi connectivity index (χ4v) is 1.95. The SMILES string of the molecule is CCn1cc(CCn2nc(C(C)(C)C)ccc2=O)cn1. The molecule has 0 fully saturated rings. The summed E-state index contributed by atoms with van der Waals surface area (Å²) >= 11 is 0. The van der Waals surface area contributed by atoms with Gasteiger partial charge in [-0.25, -0.2) is 4.68 Å². The van der Waals surface area contributed by atoms with Crippen molar-refractivity contribution in [2.75, 3.05) is 0 Å². The van der Waals surface area contributed by atoms with Crippen LogP contribution in [0, 0.1) is 0 Å². The maximum Gasteiger partial charge on any atom is 0.266 e. The van der Waals surface area contributed by atoms with E-state index in [1.54, 1.807) is 10.7 Å². The van der Waals surface area contributed by atoms with Crippen LogP contribution >= 0.6 is 0 Å². The molecule has 20 heavy (non-hydrogen) atoms. The number of rotatable bonds is 4. The fraction of sp³-hybridized carbons (Fsp3) is 0.533. The molecule has 0 aliphatic carbocycles. The Morgan fingerprint density at radius 3 is 2.60 bits per heavy atom. The van der Waals surface area contributed by atoms with Crippen molar-refractivity contribution in [1.29, 1.82) is 0 Å². The maximum absolute atomic E-state index is 11.9. The van der Waals surface area contributed by atoms with Gasteiger partial charge in [-0.3, -0.25) is 9.48 Å². The van der Waals surface area contributed by atoms with Gasteiger partial charge in [0.25, 0.3) is 5.56 Å². The van der Waals surface area contributed by atoms with Gasteiger partial charge in [0, 0.05) is 30.8 Å². The highest BCUT2D eigenvalue weighted by Gasteiger charge is 2.16. The van der Waals surface area contributed by atoms with Gasteiger partial charge in [0.05, 0.1) is 11.9 Å². The topological polar surface area (TPSA) is 52.7 Å². The number of hydrogen-bond acceptors (Lipinski definition) is 3. The van der Waals surface area contributed by atoms with Gasteiger partial charge in [-0.05, 0) is 25.0 Å². The van der Waals surface area contributed by atoms with Crippen molar-refractivity contribution < 1.29 is 0 Å². The monoisotopic (exact) mass is 274 g/mol. The van der Waals surface area contributed by atoms with E-state index in [1.807, 2.05) is 23.1 Å². The maximum atomic E-state index is 11.9. The quantitative estimate of drug-likeness (QED) is 0.857. The Bertz CT molecular complexity index is 634. The van der Waals surface area contributed by atoms with Crippen LogP contribution in [0.5, 0.6) is 0 Å². The van der Waals surface area contributed by atoms with E-state index >= 15 is 0 Å². The van der Waals surface area contributed by atoms with E-state index in [2.05, 4.69) is 37.9 Å². The van der Waals surface area contributed by atoms with E-state index in [4.69, 9.17) is 0 Å². The first-order valence-corrected chi connectivity index (χ1v) is 7.00. The van der Waals surface area contributed by atoms with Crippen molar-refractivity contribution in [1.82, 2.24) is 19.6 Å². The summed E-state index contributed by atoms with van der Waals surface area (Å²) in [7, 11) is 0. The molecule has 0 atom stereocenters. The zero-order chi connectivity index (χ0) is 14.8. The van der Waals surface area contributed by atoms with Gasteiger partial charge in [0.15, 0.2) is 0 Å². The summed E-state index contributed by atoms with van der Waals surface area (Å²) in [5.41, 5.74) is 1.95. The molecule has 0 aliphatic rings. The van der Waals surface area contributed by atoms with Crippen LogP contribution in [0.25, 0.3) is 0 Å². The summed E-state index contributed by atoms with van der Waals surface area (Å²) in [5, 5.41) is 8.70. The predicted octanol–water partition coefficient (Wildman–Crippen LogP) is 2.00. The standard InChI is InChI=1S/C15H22N4O/c1-5-18-11-12(10-16-18)8-9-19-14(20)7-6-13(17-19)15(2,3)4/h6-7,10-11H,5,8-9H2,1-4H3. The highest BCUT2D eigenvalue weighted by molar-refractivity contribution is 5.11. The first-order chi connectivity index (χ1) is 9.40. The Balaban J connectivity index is 2.14. The molecule has 2 heterocycles. The zero-order valence-corrected chi connectivity index (χ0v) is 12.6. The Morgan fingerprint density at radius 1 is 1.25 bits per heavy atom. The molecule has 0 bridgehead atoms. The van der Waals surface area contributed by atoms with Gasteiger partial charge in [-0.1, -0.05) is 20.8 Å². The molecule has 2 rings (SSSR count). The third kappa shape index (κ3) is 3.35. The molecule has 0 N–H and O–H groups in total. The molecule has 2 aromatic rings. The van der Waals surface area contributed by atoms with E-state index < -0.39 is 0 Å². The van der Waals surface area contributed by atoms with Crippen LogP contribution in [0.15, 0.2) is 29.3 Å². The number of nitrogens with zero attached hydrogens (tertiary/aromatic N) is 4. The van der Waals surface area contributed by atoms with Crippen LogP contribution < -0.4 is 5.56 Å². The van der Waals surface area contributed by atoms with E-state index in [0.29, 0.717) is 6.54 Å². The molecular formula is C15H22N4O. The van der Waals surface area contributed by atoms with Gasteiger partial charge in [0.2, 0.25) is 0 Å². The van der Waals surface area contributed by atoms with Crippen molar-refractivity contribution in [3.63, 3.8) is 0 Å². The van der Waals surface area contributed by atoms with Crippen molar-refractivity contribution in [2.24, 2.45) is 0 Å². The highest BCUT2D eigenvalue weighted by atomic mass is 16.1. The Kier molecular flexibility index (Phi) is 4.06. The highest BCUT2D eigenvalue weighted by Crippen LogP contribution is 2.18. The van der Waals surface area contributed by atoms with Gasteiger partial charge in [0.1, 0.15) is 0 Å². The summed E-state index contributed by atoms with van der Waals surface area (Å²) in [5.74, 6) is 0. The molecule has 0 spiro atoms. The lowest BCUT2D eigenvalue weighted by molar-refractivity contribution is 0.500. The van der Waals surface area contributed by atoms with Gasteiger partial charge < -0.3 is 0 Å². The van der Waals surface area contributed by atoms with Crippen LogP contribution in [-0.2, 0) is 24.9 Å². The fourth-order valence-electron chi connectivity index (χ4n) is 1.95. The summed E-state index contributed by atoms with van der Waals surface area (Å²) in [6.45, 7) is 9.77. The molecule has 0 radical (unpaired) electrons. The van der Waals surface area contributed by atoms with E-state index in [0.717, 1.165) is 24.2 Å². The first-order valence-electron chi connectivity index (χ1n) is 7.00. The van der Waals surface area contributed by atoms with Crippen molar-refractivity contribution >= 4 is 0 Å². The van der Waals surface area contributed by atoms with Gasteiger partial charge in [-0.15, -0.1) is 0 Å². The van der Waals surface area contributed by atoms with Crippen LogP contribution in [0.1, 0.15) is 39.0 Å². The van der Waals surface area contributed by atoms with E-state index in [1.165, 1.54) is 0 Å². The minimum Gasteiger partial charge on any atom is -0.273 e. The second-order valence-electron chi connectivity index (χ2n) is 5.98. The molecule has 2 aromatic heterocycles. The average Bonchev–Trinajstić information content (AvgIpc) is 2.84. The largest absolute Gasteiger partial charge is 0.273 e. The second-order valence-corrected chi connectivity index (χ2v) is 5.98. The lowest BCUT2D eigenvalue weighted by Gasteiger charge is -2.18. The molecule has 0 amide bonds. The number of hydrogen-bond donors (Lipinski definition) is 0. The van der Waals surface area contributed by atoms with E-state index in [9.17, 15) is 4.79 Å². The van der Waals surface area contributed by atoms with Crippen LogP contribution in [-0.4, -0.2) is 19.6 Å². The van der Waals surface area contributed by atoms with Crippen molar-refractivity contribution in [2.45, 2.75) is 52.6 Å². The predicted molar refractivity (Wildman–Crippen MR) is 78.8 cm³/mol. The summed E-state index contributed by atoms with van der Waals surface area (Å²) in [6, 6.07) is 3.41. The van der Waals surface area contributed by atoms with Crippen molar-refractivity contribution in [3.8, 4) is 0 Å². The van der Waals surface area contributed by atoms with Gasteiger partial charge in [-0.2, -0.15) is 10.2 Å². The molecule has 0 aliphatic heterocycles. The number of aryl methyl sites for hydroxylation is 3. The first kappa shape index (κ1) is 14.5. The third-order valence-electron chi connectivity index (χ3n) is 3.26. The molecule has 5 nitrogen and oxygen atoms in total. The minimum absolute atomic E-state index is 0.0530. The second kappa shape index (κ2) is 5.61. The third-order valence-corrected chi connectivity index (χ3v) is 3.26. The van der Waals surface area contributed by atoms with Gasteiger partial charge >= 0.3 is 0 Å². The molecule has 0 saturated carbocycles. The smallest absolute Gasteiger partial charge is 0.266 e. The molecule has 0 saturated heterocycles. The molecular weight excluding hydrogens is 252 g/mol. The molecule has 108 valence electrons. The Hall–Kier alpha value is -1.91. The van der Waals surface area contributed by atoms with Crippen LogP contribution in [0.4, 0.5) is 0 Å². The lowest BCUT2D eigenvalue weighted by Crippen LogP contribution is -2.27. The zero-order valence-electron chi connectivity index (χ0n) is 12.6. The van der Waals surface area contributed by atoms with E-state index in [-0.39, 0.29) is 11.0 Å². The average molecular weight is 274 g/mol. The minimum atomic E-state index is -0.0547. The summed E-state index contributed by atoms with van der Waals surface area (Å²) in [6.07, 6.45) is 4.63. The number of aromatic nitrogens is 4. The van der Waals surface area contributed by atoms with Crippen molar-refractivity contribution in [3.05, 3.63) is 46.1 Å². The van der Waals surface area contributed by atoms with Crippen LogP contribution in [0.2, 0.25) is 0 Å².